The zero-order valence-corrected chi connectivity index (χ0v) is 7.61. The van der Waals surface area contributed by atoms with Crippen LogP contribution in [0.25, 0.3) is 0 Å². The topological polar surface area (TPSA) is 54.4 Å². The quantitative estimate of drug-likeness (QED) is 0.599. The second-order valence-corrected chi connectivity index (χ2v) is 2.61. The van der Waals surface area contributed by atoms with Gasteiger partial charge in [0, 0.05) is 32.7 Å². The van der Waals surface area contributed by atoms with E-state index in [-0.39, 0.29) is 38.5 Å². The van der Waals surface area contributed by atoms with E-state index in [0.29, 0.717) is 0 Å². The van der Waals surface area contributed by atoms with Crippen molar-refractivity contribution in [3.63, 3.8) is 0 Å². The van der Waals surface area contributed by atoms with Crippen LogP contribution in [0.1, 0.15) is 6.92 Å². The molecule has 5 heteroatoms. The Kier molecular flexibility index (Phi) is 6.15. The van der Waals surface area contributed by atoms with Gasteiger partial charge in [-0.1, -0.05) is 0 Å². The first kappa shape index (κ1) is 10.9. The van der Waals surface area contributed by atoms with E-state index < -0.39 is 10.1 Å². The Morgan fingerprint density at radius 3 is 1.71 bits per heavy atom. The molecule has 1 N–H and O–H groups in total. The van der Waals surface area contributed by atoms with E-state index >= 15 is 0 Å². The second-order valence-electron chi connectivity index (χ2n) is 0.871. The van der Waals surface area contributed by atoms with Crippen molar-refractivity contribution in [3.8, 4) is 0 Å². The maximum absolute atomic E-state index is 9.56. The van der Waals surface area contributed by atoms with E-state index in [0.717, 1.165) is 0 Å². The van der Waals surface area contributed by atoms with Crippen molar-refractivity contribution in [2.75, 3.05) is 5.75 Å². The van der Waals surface area contributed by atoms with Crippen LogP contribution in [0, 0.1) is 0 Å². The van der Waals surface area contributed by atoms with Crippen LogP contribution in [0.3, 0.4) is 0 Å². The van der Waals surface area contributed by atoms with Gasteiger partial charge in [-0.3, -0.25) is 4.55 Å². The Hall–Kier alpha value is 1.01. The first-order valence-corrected chi connectivity index (χ1v) is 3.12. The zero-order valence-electron chi connectivity index (χ0n) is 3.96. The molecular formula is C2H6O3SY. The Balaban J connectivity index is 0. The molecule has 0 aromatic heterocycles. The van der Waals surface area contributed by atoms with Gasteiger partial charge in [0.15, 0.2) is 0 Å². The molecule has 0 fully saturated rings. The summed E-state index contributed by atoms with van der Waals surface area (Å²) in [5.41, 5.74) is 0. The summed E-state index contributed by atoms with van der Waals surface area (Å²) >= 11 is 0. The van der Waals surface area contributed by atoms with Crippen molar-refractivity contribution in [2.24, 2.45) is 0 Å². The summed E-state index contributed by atoms with van der Waals surface area (Å²) in [5, 5.41) is 0. The average Bonchev–Trinajstić information content (AvgIpc) is 1.35. The van der Waals surface area contributed by atoms with Crippen LogP contribution in [-0.4, -0.2) is 18.7 Å². The van der Waals surface area contributed by atoms with E-state index in [1.165, 1.54) is 6.92 Å². The van der Waals surface area contributed by atoms with Crippen molar-refractivity contribution in [2.45, 2.75) is 6.92 Å². The van der Waals surface area contributed by atoms with E-state index in [1.54, 1.807) is 0 Å². The van der Waals surface area contributed by atoms with Crippen LogP contribution in [0.15, 0.2) is 0 Å². The smallest absolute Gasteiger partial charge is 0.264 e. The molecule has 0 saturated heterocycles. The molecule has 0 aromatic carbocycles. The Morgan fingerprint density at radius 2 is 1.71 bits per heavy atom. The molecular weight excluding hydrogens is 193 g/mol. The fourth-order valence-electron chi connectivity index (χ4n) is 0. The molecule has 0 aliphatic rings. The van der Waals surface area contributed by atoms with E-state index in [2.05, 4.69) is 0 Å². The summed E-state index contributed by atoms with van der Waals surface area (Å²) in [4.78, 5) is 0. The molecule has 0 rings (SSSR count). The Labute approximate surface area is 68.1 Å². The zero-order chi connectivity index (χ0) is 5.21. The third-order valence-corrected chi connectivity index (χ3v) is 1.09. The molecule has 0 unspecified atom stereocenters. The molecule has 0 aromatic rings. The molecule has 0 bridgehead atoms. The standard InChI is InChI=1S/C2H6O3S.Y/c1-2-6(3,4)5;/h2H2,1H3,(H,3,4,5);. The van der Waals surface area contributed by atoms with E-state index in [9.17, 15) is 8.42 Å². The maximum Gasteiger partial charge on any atom is 0.264 e. The molecule has 0 saturated carbocycles. The molecule has 7 heavy (non-hydrogen) atoms. The molecule has 0 spiro atoms. The summed E-state index contributed by atoms with van der Waals surface area (Å²) in [6, 6.07) is 0. The summed E-state index contributed by atoms with van der Waals surface area (Å²) in [7, 11) is -3.66. The first-order chi connectivity index (χ1) is 2.56. The van der Waals surface area contributed by atoms with Crippen LogP contribution < -0.4 is 0 Å². The molecule has 0 aliphatic heterocycles. The molecule has 3 nitrogen and oxygen atoms in total. The van der Waals surface area contributed by atoms with Gasteiger partial charge < -0.3 is 0 Å². The Bertz CT molecular complexity index is 115. The SMILES string of the molecule is CCS(=O)(=O)O.[Y]. The second kappa shape index (κ2) is 3.95. The first-order valence-electron chi connectivity index (χ1n) is 1.51. The van der Waals surface area contributed by atoms with Crippen LogP contribution in [-0.2, 0) is 42.8 Å². The number of hydrogen-bond acceptors (Lipinski definition) is 2. The van der Waals surface area contributed by atoms with Crippen molar-refractivity contribution >= 4 is 10.1 Å². The van der Waals surface area contributed by atoms with Gasteiger partial charge in [-0.15, -0.1) is 0 Å². The minimum absolute atomic E-state index is 0. The van der Waals surface area contributed by atoms with Crippen molar-refractivity contribution in [3.05, 3.63) is 0 Å². The van der Waals surface area contributed by atoms with Crippen molar-refractivity contribution in [1.29, 1.82) is 0 Å². The average molecular weight is 199 g/mol. The van der Waals surface area contributed by atoms with E-state index in [4.69, 9.17) is 4.55 Å². The van der Waals surface area contributed by atoms with Gasteiger partial charge in [0.2, 0.25) is 0 Å². The van der Waals surface area contributed by atoms with Gasteiger partial charge in [-0.2, -0.15) is 8.42 Å². The summed E-state index contributed by atoms with van der Waals surface area (Å²) < 4.78 is 26.9. The van der Waals surface area contributed by atoms with Gasteiger partial charge in [0.25, 0.3) is 10.1 Å². The predicted molar refractivity (Wildman–Crippen MR) is 22.1 cm³/mol. The third kappa shape index (κ3) is 10.9. The normalized spacial score (nSPS) is 10.0. The molecule has 0 amide bonds. The summed E-state index contributed by atoms with van der Waals surface area (Å²) in [6.45, 7) is 1.37. The largest absolute Gasteiger partial charge is 0.286 e. The molecule has 1 radical (unpaired) electrons. The predicted octanol–water partition coefficient (Wildman–Crippen LogP) is -0.108. The monoisotopic (exact) mass is 199 g/mol. The molecule has 0 heterocycles. The fourth-order valence-corrected chi connectivity index (χ4v) is 0. The van der Waals surface area contributed by atoms with Crippen LogP contribution in [0.2, 0.25) is 0 Å². The molecule has 0 aliphatic carbocycles. The minimum Gasteiger partial charge on any atom is -0.286 e. The van der Waals surface area contributed by atoms with Crippen molar-refractivity contribution in [1.82, 2.24) is 0 Å². The van der Waals surface area contributed by atoms with Gasteiger partial charge in [-0.25, -0.2) is 0 Å². The number of rotatable bonds is 1. The van der Waals surface area contributed by atoms with Gasteiger partial charge >= 0.3 is 0 Å². The Morgan fingerprint density at radius 1 is 1.57 bits per heavy atom. The maximum atomic E-state index is 9.56. The van der Waals surface area contributed by atoms with Gasteiger partial charge in [-0.05, 0) is 6.92 Å². The van der Waals surface area contributed by atoms with E-state index in [1.807, 2.05) is 0 Å². The van der Waals surface area contributed by atoms with Crippen molar-refractivity contribution < 1.29 is 45.7 Å². The van der Waals surface area contributed by atoms with Gasteiger partial charge in [0.05, 0.1) is 5.75 Å². The number of hydrogen-bond donors (Lipinski definition) is 1. The minimum atomic E-state index is -3.66. The van der Waals surface area contributed by atoms with Gasteiger partial charge in [0.1, 0.15) is 0 Å². The molecule has 41 valence electrons. The fraction of sp³-hybridized carbons (Fsp3) is 1.00. The third-order valence-electron chi connectivity index (χ3n) is 0.365. The van der Waals surface area contributed by atoms with Crippen LogP contribution in [0.4, 0.5) is 0 Å². The summed E-state index contributed by atoms with van der Waals surface area (Å²) in [5.74, 6) is -0.201. The summed E-state index contributed by atoms with van der Waals surface area (Å²) in [6.07, 6.45) is 0. The molecule has 0 atom stereocenters. The van der Waals surface area contributed by atoms with Crippen LogP contribution >= 0.6 is 0 Å². The van der Waals surface area contributed by atoms with Crippen LogP contribution in [0.5, 0.6) is 0 Å².